The molecule has 0 unspecified atom stereocenters. The highest BCUT2D eigenvalue weighted by atomic mass is 19.4. The van der Waals surface area contributed by atoms with Crippen LogP contribution in [-0.4, -0.2) is 18.5 Å². The van der Waals surface area contributed by atoms with Crippen molar-refractivity contribution in [3.05, 3.63) is 22.0 Å². The Morgan fingerprint density at radius 2 is 1.94 bits per heavy atom. The first-order chi connectivity index (χ1) is 7.74. The zero-order chi connectivity index (χ0) is 13.2. The molecule has 0 aliphatic rings. The van der Waals surface area contributed by atoms with Crippen LogP contribution in [-0.2, 0) is 0 Å². The number of hydrogen-bond acceptors (Lipinski definition) is 3. The van der Waals surface area contributed by atoms with Crippen molar-refractivity contribution in [1.29, 1.82) is 0 Å². The Balaban J connectivity index is 3.24. The van der Waals surface area contributed by atoms with Crippen molar-refractivity contribution in [3.8, 4) is 11.6 Å². The van der Waals surface area contributed by atoms with Gasteiger partial charge in [-0.1, -0.05) is 0 Å². The van der Waals surface area contributed by atoms with Crippen molar-refractivity contribution >= 4 is 0 Å². The molecule has 1 aromatic rings. The summed E-state index contributed by atoms with van der Waals surface area (Å²) in [5.74, 6) is -1.72. The fourth-order valence-electron chi connectivity index (χ4n) is 1.01. The number of rotatable bonds is 3. The lowest BCUT2D eigenvalue weighted by atomic mass is 10.3. The molecule has 0 fully saturated rings. The number of aromatic nitrogens is 1. The molecular formula is C8H6F5NO3. The number of ether oxygens (including phenoxy) is 2. The van der Waals surface area contributed by atoms with Crippen molar-refractivity contribution in [2.24, 2.45) is 0 Å². The van der Waals surface area contributed by atoms with Gasteiger partial charge in [0.2, 0.25) is 5.88 Å². The third kappa shape index (κ3) is 3.33. The van der Waals surface area contributed by atoms with E-state index in [-0.39, 0.29) is 0 Å². The van der Waals surface area contributed by atoms with E-state index in [1.165, 1.54) is 4.98 Å². The summed E-state index contributed by atoms with van der Waals surface area (Å²) in [5.41, 5.74) is -2.38. The summed E-state index contributed by atoms with van der Waals surface area (Å²) in [6.45, 7) is 0. The van der Waals surface area contributed by atoms with Crippen molar-refractivity contribution in [1.82, 2.24) is 4.98 Å². The second-order valence-corrected chi connectivity index (χ2v) is 2.80. The molecule has 0 aliphatic heterocycles. The molecule has 0 spiro atoms. The summed E-state index contributed by atoms with van der Waals surface area (Å²) in [7, 11) is 0.951. The van der Waals surface area contributed by atoms with Crippen LogP contribution in [0.1, 0.15) is 12.0 Å². The summed E-state index contributed by atoms with van der Waals surface area (Å²) >= 11 is 0. The summed E-state index contributed by atoms with van der Waals surface area (Å²) < 4.78 is 68.1. The van der Waals surface area contributed by atoms with Crippen molar-refractivity contribution < 1.29 is 31.4 Å². The Labute approximate surface area is 91.0 Å². The topological polar surface area (TPSA) is 51.3 Å². The molecule has 9 heteroatoms. The first-order valence-electron chi connectivity index (χ1n) is 4.09. The van der Waals surface area contributed by atoms with Gasteiger partial charge < -0.3 is 9.47 Å². The summed E-state index contributed by atoms with van der Waals surface area (Å²) in [4.78, 5) is 12.5. The fraction of sp³-hybridized carbons (Fsp3) is 0.375. The number of H-pyrrole nitrogens is 1. The van der Waals surface area contributed by atoms with Gasteiger partial charge in [-0.3, -0.25) is 9.78 Å². The van der Waals surface area contributed by atoms with E-state index in [0.717, 1.165) is 7.11 Å². The highest BCUT2D eigenvalue weighted by molar-refractivity contribution is 5.36. The van der Waals surface area contributed by atoms with E-state index in [1.807, 2.05) is 0 Å². The minimum atomic E-state index is -5.07. The summed E-state index contributed by atoms with van der Waals surface area (Å²) in [6, 6.07) is 0.491. The first-order valence-corrected chi connectivity index (χ1v) is 4.09. The van der Waals surface area contributed by atoms with Crippen LogP contribution in [0.15, 0.2) is 10.9 Å². The number of hydrogen-bond donors (Lipinski definition) is 1. The average molecular weight is 259 g/mol. The van der Waals surface area contributed by atoms with Crippen LogP contribution >= 0.6 is 0 Å². The van der Waals surface area contributed by atoms with Gasteiger partial charge in [0, 0.05) is 6.07 Å². The maximum atomic E-state index is 12.3. The molecule has 17 heavy (non-hydrogen) atoms. The highest BCUT2D eigenvalue weighted by Gasteiger charge is 2.33. The first kappa shape index (κ1) is 13.3. The van der Waals surface area contributed by atoms with Crippen LogP contribution in [0.2, 0.25) is 0 Å². The second kappa shape index (κ2) is 4.60. The largest absolute Gasteiger partial charge is 0.574 e. The van der Waals surface area contributed by atoms with E-state index in [0.29, 0.717) is 6.07 Å². The van der Waals surface area contributed by atoms with Gasteiger partial charge in [0.05, 0.1) is 12.7 Å². The normalized spacial score (nSPS) is 11.7. The molecule has 0 radical (unpaired) electrons. The minimum absolute atomic E-state index is 0.491. The minimum Gasteiger partial charge on any atom is -0.491 e. The third-order valence-electron chi connectivity index (χ3n) is 1.67. The van der Waals surface area contributed by atoms with Gasteiger partial charge in [0.1, 0.15) is 0 Å². The van der Waals surface area contributed by atoms with Gasteiger partial charge in [0.15, 0.2) is 5.75 Å². The molecule has 0 saturated heterocycles. The Kier molecular flexibility index (Phi) is 3.59. The monoisotopic (exact) mass is 259 g/mol. The van der Waals surface area contributed by atoms with Gasteiger partial charge in [0.25, 0.3) is 12.0 Å². The maximum Gasteiger partial charge on any atom is 0.574 e. The summed E-state index contributed by atoms with van der Waals surface area (Å²) in [6.07, 6.45) is -8.20. The molecule has 1 N–H and O–H groups in total. The summed E-state index contributed by atoms with van der Waals surface area (Å²) in [5, 5.41) is 0. The van der Waals surface area contributed by atoms with E-state index in [2.05, 4.69) is 9.47 Å². The van der Waals surface area contributed by atoms with Crippen molar-refractivity contribution in [2.45, 2.75) is 12.8 Å². The van der Waals surface area contributed by atoms with Crippen LogP contribution in [0, 0.1) is 0 Å². The number of aromatic amines is 1. The standard InChI is InChI=1S/C8H6F5NO3/c1-16-4-2-3(5(9)10)6(15)14-7(4)17-8(11,12)13/h2,5H,1H3,(H,14,15). The van der Waals surface area contributed by atoms with Crippen LogP contribution in [0.5, 0.6) is 11.6 Å². The van der Waals surface area contributed by atoms with E-state index in [4.69, 9.17) is 0 Å². The number of methoxy groups -OCH3 is 1. The van der Waals surface area contributed by atoms with Gasteiger partial charge in [-0.05, 0) is 0 Å². The molecule has 0 amide bonds. The highest BCUT2D eigenvalue weighted by Crippen LogP contribution is 2.30. The van der Waals surface area contributed by atoms with Crippen LogP contribution < -0.4 is 15.0 Å². The Bertz CT molecular complexity index is 453. The third-order valence-corrected chi connectivity index (χ3v) is 1.67. The zero-order valence-electron chi connectivity index (χ0n) is 8.27. The predicted octanol–water partition coefficient (Wildman–Crippen LogP) is 2.22. The van der Waals surface area contributed by atoms with Gasteiger partial charge in [-0.25, -0.2) is 8.78 Å². The van der Waals surface area contributed by atoms with E-state index in [1.54, 1.807) is 0 Å². The van der Waals surface area contributed by atoms with Crippen LogP contribution in [0.3, 0.4) is 0 Å². The van der Waals surface area contributed by atoms with Crippen LogP contribution in [0.4, 0.5) is 22.0 Å². The Morgan fingerprint density at radius 3 is 2.35 bits per heavy atom. The molecule has 96 valence electrons. The van der Waals surface area contributed by atoms with Gasteiger partial charge in [-0.2, -0.15) is 0 Å². The van der Waals surface area contributed by atoms with Crippen molar-refractivity contribution in [3.63, 3.8) is 0 Å². The Morgan fingerprint density at radius 1 is 1.35 bits per heavy atom. The average Bonchev–Trinajstić information content (AvgIpc) is 2.14. The van der Waals surface area contributed by atoms with E-state index in [9.17, 15) is 26.7 Å². The molecule has 0 aliphatic carbocycles. The Hall–Kier alpha value is -1.80. The van der Waals surface area contributed by atoms with Crippen LogP contribution in [0.25, 0.3) is 0 Å². The SMILES string of the molecule is COc1cc(C(F)F)c(=O)[nH]c1OC(F)(F)F. The smallest absolute Gasteiger partial charge is 0.491 e. The number of pyridine rings is 1. The molecule has 0 atom stereocenters. The predicted molar refractivity (Wildman–Crippen MR) is 45.3 cm³/mol. The fourth-order valence-corrected chi connectivity index (χ4v) is 1.01. The number of alkyl halides is 5. The lowest BCUT2D eigenvalue weighted by molar-refractivity contribution is -0.276. The molecule has 1 rings (SSSR count). The van der Waals surface area contributed by atoms with E-state index < -0.39 is 35.5 Å². The molecule has 4 nitrogen and oxygen atoms in total. The molecule has 0 saturated carbocycles. The van der Waals surface area contributed by atoms with Crippen molar-refractivity contribution in [2.75, 3.05) is 7.11 Å². The molecular weight excluding hydrogens is 253 g/mol. The zero-order valence-corrected chi connectivity index (χ0v) is 8.27. The van der Waals surface area contributed by atoms with E-state index >= 15 is 0 Å². The maximum absolute atomic E-state index is 12.3. The molecule has 0 aromatic carbocycles. The molecule has 1 heterocycles. The second-order valence-electron chi connectivity index (χ2n) is 2.80. The molecule has 1 aromatic heterocycles. The number of halogens is 5. The lowest BCUT2D eigenvalue weighted by Gasteiger charge is -2.12. The molecule has 0 bridgehead atoms. The van der Waals surface area contributed by atoms with Gasteiger partial charge in [-0.15, -0.1) is 13.2 Å². The van der Waals surface area contributed by atoms with Gasteiger partial charge >= 0.3 is 6.36 Å². The number of nitrogens with one attached hydrogen (secondary N) is 1. The lowest BCUT2D eigenvalue weighted by Crippen LogP contribution is -2.22. The quantitative estimate of drug-likeness (QED) is 0.847.